The Hall–Kier alpha value is -1.90. The van der Waals surface area contributed by atoms with E-state index in [4.69, 9.17) is 10.2 Å². The predicted octanol–water partition coefficient (Wildman–Crippen LogP) is 14.5. The van der Waals surface area contributed by atoms with E-state index in [-0.39, 0.29) is 20.4 Å². The van der Waals surface area contributed by atoms with Crippen LogP contribution in [0.2, 0.25) is 0 Å². The molecule has 0 bridgehead atoms. The second-order valence-corrected chi connectivity index (χ2v) is 15.5. The number of allylic oxidation sites excluding steroid dienone is 2. The standard InChI is InChI=1S/C42H64N2.2C4H10O.Pd/c1-9-16-23-34-29-37(30-35(24-17-10-2)40(34)26-19-12-4)42-38(25-18-11-3)31(8)41(44(42)43)36-27-32(20-13-5)39(22-15-7)33(28-36)21-14-6;2*1-2-3-4-5;/h27-30H,9-26H2,1-8H3;2*5H,2-4H2,1H3;. The Morgan fingerprint density at radius 1 is 0.436 bits per heavy atom. The van der Waals surface area contributed by atoms with Crippen LogP contribution in [0.1, 0.15) is 216 Å². The molecule has 316 valence electrons. The number of rotatable bonds is 24. The van der Waals surface area contributed by atoms with Crippen LogP contribution in [0.4, 0.5) is 0 Å². The zero-order chi connectivity index (χ0) is 40.3. The van der Waals surface area contributed by atoms with Gasteiger partial charge in [0.05, 0.1) is 0 Å². The molecule has 0 unspecified atom stereocenters. The topological polar surface area (TPSA) is 65.8 Å². The number of aliphatic hydroxyl groups excluding tert-OH is 2. The van der Waals surface area contributed by atoms with E-state index in [1.165, 1.54) is 95.9 Å². The number of hydrogen-bond donors (Lipinski definition) is 2. The van der Waals surface area contributed by atoms with Gasteiger partial charge in [-0.2, -0.15) is 0 Å². The molecule has 5 heteroatoms. The molecule has 2 aromatic rings. The molecule has 2 aromatic carbocycles. The number of hydrogen-bond acceptors (Lipinski definition) is 2. The monoisotopic (exact) mass is 851 g/mol. The number of unbranched alkanes of at least 4 members (excludes halogenated alkanes) is 6. The fourth-order valence-electron chi connectivity index (χ4n) is 7.61. The summed E-state index contributed by atoms with van der Waals surface area (Å²) in [6, 6.07) is 9.77. The van der Waals surface area contributed by atoms with E-state index in [2.05, 4.69) is 93.5 Å². The van der Waals surface area contributed by atoms with Crippen molar-refractivity contribution in [1.82, 2.24) is 0 Å². The molecule has 0 spiro atoms. The number of aryl methyl sites for hydroxylation is 4. The van der Waals surface area contributed by atoms with Crippen LogP contribution in [-0.4, -0.2) is 28.1 Å². The number of benzene rings is 2. The van der Waals surface area contributed by atoms with Crippen LogP contribution >= 0.6 is 0 Å². The maximum absolute atomic E-state index is 12.3. The van der Waals surface area contributed by atoms with Crippen molar-refractivity contribution in [3.05, 3.63) is 85.5 Å². The molecule has 0 aromatic heterocycles. The van der Waals surface area contributed by atoms with Gasteiger partial charge in [0.15, 0.2) is 0 Å². The van der Waals surface area contributed by atoms with Crippen LogP contribution in [0.15, 0.2) is 35.4 Å². The first-order valence-corrected chi connectivity index (χ1v) is 22.7. The summed E-state index contributed by atoms with van der Waals surface area (Å²) in [4.78, 5) is 0. The third-order valence-corrected chi connectivity index (χ3v) is 10.7. The molecular formula is C50H84N2O2Pd. The Balaban J connectivity index is 0.00000234. The molecule has 0 atom stereocenters. The first-order valence-electron chi connectivity index (χ1n) is 22.7. The van der Waals surface area contributed by atoms with Gasteiger partial charge in [-0.15, -0.1) is 0 Å². The van der Waals surface area contributed by atoms with Gasteiger partial charge in [0.25, 0.3) is 0 Å². The summed E-state index contributed by atoms with van der Waals surface area (Å²) < 4.78 is 1.61. The second kappa shape index (κ2) is 32.1. The van der Waals surface area contributed by atoms with Crippen LogP contribution in [0, 0.1) is 0 Å². The van der Waals surface area contributed by atoms with Gasteiger partial charge in [0, 0.05) is 55.9 Å². The first kappa shape index (κ1) is 53.1. The van der Waals surface area contributed by atoms with Gasteiger partial charge in [0.1, 0.15) is 0 Å². The van der Waals surface area contributed by atoms with Gasteiger partial charge < -0.3 is 15.7 Å². The molecular weight excluding hydrogens is 767 g/mol. The molecule has 55 heavy (non-hydrogen) atoms. The minimum atomic E-state index is 0. The summed E-state index contributed by atoms with van der Waals surface area (Å²) in [5.41, 5.74) is 28.5. The summed E-state index contributed by atoms with van der Waals surface area (Å²) >= 11 is 0. The normalized spacial score (nSPS) is 12.4. The van der Waals surface area contributed by atoms with Crippen LogP contribution in [0.5, 0.6) is 0 Å². The van der Waals surface area contributed by atoms with Crippen molar-refractivity contribution < 1.29 is 35.3 Å². The van der Waals surface area contributed by atoms with Crippen molar-refractivity contribution in [3.63, 3.8) is 0 Å². The Labute approximate surface area is 354 Å². The molecule has 1 aliphatic heterocycles. The summed E-state index contributed by atoms with van der Waals surface area (Å²) in [6.07, 6.45) is 24.9. The SMILES string of the molecule is CCCCC1=C(c2cc(CCCC)c(CCCC)c(CCCC)c2)[N+](=[N-])C(c2cc(CCC)c(CCC)c(CCC)c2)=C1C.CCCCO.CCCCO.[Pd]. The summed E-state index contributed by atoms with van der Waals surface area (Å²) in [5, 5.41) is 16.1. The van der Waals surface area contributed by atoms with E-state index >= 15 is 0 Å². The summed E-state index contributed by atoms with van der Waals surface area (Å²) in [6.45, 7) is 23.1. The van der Waals surface area contributed by atoms with Crippen molar-refractivity contribution in [2.24, 2.45) is 0 Å². The molecule has 1 aliphatic rings. The smallest absolute Gasteiger partial charge is 0.211 e. The second-order valence-electron chi connectivity index (χ2n) is 15.5. The van der Waals surface area contributed by atoms with E-state index in [0.717, 1.165) is 101 Å². The minimum absolute atomic E-state index is 0. The zero-order valence-electron chi connectivity index (χ0n) is 37.4. The average molecular weight is 852 g/mol. The number of nitrogens with zero attached hydrogens (tertiary/aromatic N) is 2. The van der Waals surface area contributed by atoms with Crippen molar-refractivity contribution >= 4 is 11.4 Å². The minimum Gasteiger partial charge on any atom is -0.493 e. The zero-order valence-corrected chi connectivity index (χ0v) is 38.9. The van der Waals surface area contributed by atoms with E-state index in [9.17, 15) is 5.53 Å². The van der Waals surface area contributed by atoms with Crippen molar-refractivity contribution in [1.29, 1.82) is 0 Å². The quantitative estimate of drug-likeness (QED) is 0.0816. The van der Waals surface area contributed by atoms with Crippen molar-refractivity contribution in [3.8, 4) is 0 Å². The maximum Gasteiger partial charge on any atom is 0.211 e. The van der Waals surface area contributed by atoms with Gasteiger partial charge in [-0.05, 0) is 148 Å². The molecule has 0 saturated heterocycles. The Bertz CT molecular complexity index is 1360. The van der Waals surface area contributed by atoms with Gasteiger partial charge in [-0.1, -0.05) is 120 Å². The van der Waals surface area contributed by atoms with Gasteiger partial charge in [0.2, 0.25) is 11.4 Å². The molecule has 0 radical (unpaired) electrons. The van der Waals surface area contributed by atoms with Gasteiger partial charge >= 0.3 is 0 Å². The average Bonchev–Trinajstić information content (AvgIpc) is 3.41. The molecule has 0 aliphatic carbocycles. The van der Waals surface area contributed by atoms with E-state index in [0.29, 0.717) is 13.2 Å². The molecule has 2 N–H and O–H groups in total. The summed E-state index contributed by atoms with van der Waals surface area (Å²) in [7, 11) is 0. The Morgan fingerprint density at radius 3 is 1.15 bits per heavy atom. The first-order chi connectivity index (χ1) is 26.2. The Morgan fingerprint density at radius 2 is 0.782 bits per heavy atom. The third-order valence-electron chi connectivity index (χ3n) is 10.7. The van der Waals surface area contributed by atoms with E-state index in [1.807, 2.05) is 0 Å². The maximum atomic E-state index is 12.3. The van der Waals surface area contributed by atoms with Crippen LogP contribution in [0.25, 0.3) is 16.9 Å². The number of aliphatic hydroxyl groups is 2. The largest absolute Gasteiger partial charge is 0.493 e. The van der Waals surface area contributed by atoms with E-state index in [1.54, 1.807) is 15.8 Å². The fraction of sp³-hybridized carbons (Fsp3) is 0.680. The van der Waals surface area contributed by atoms with Crippen molar-refractivity contribution in [2.45, 2.75) is 210 Å². The molecule has 4 nitrogen and oxygen atoms in total. The molecule has 3 rings (SSSR count). The fourth-order valence-corrected chi connectivity index (χ4v) is 7.61. The molecule has 0 fully saturated rings. The van der Waals surface area contributed by atoms with Crippen molar-refractivity contribution in [2.75, 3.05) is 13.2 Å². The van der Waals surface area contributed by atoms with Crippen LogP contribution < -0.4 is 0 Å². The summed E-state index contributed by atoms with van der Waals surface area (Å²) in [5.74, 6) is 0. The van der Waals surface area contributed by atoms with E-state index < -0.39 is 0 Å². The van der Waals surface area contributed by atoms with Gasteiger partial charge in [-0.25, -0.2) is 4.70 Å². The molecule has 1 heterocycles. The Kier molecular flexibility index (Phi) is 31.0. The molecule has 0 saturated carbocycles. The van der Waals surface area contributed by atoms with Crippen LogP contribution in [0.3, 0.4) is 0 Å². The molecule has 0 amide bonds. The van der Waals surface area contributed by atoms with Gasteiger partial charge in [-0.3, -0.25) is 0 Å². The predicted molar refractivity (Wildman–Crippen MR) is 237 cm³/mol. The van der Waals surface area contributed by atoms with Crippen LogP contribution in [-0.2, 0) is 58.9 Å². The third kappa shape index (κ3) is 17.2.